The summed E-state index contributed by atoms with van der Waals surface area (Å²) in [6.07, 6.45) is 6.94. The Bertz CT molecular complexity index is 662. The number of hydrogen-bond acceptors (Lipinski definition) is 4. The number of benzene rings is 1. The molecule has 0 bridgehead atoms. The molecule has 2 heterocycles. The van der Waals surface area contributed by atoms with Crippen LogP contribution in [-0.2, 0) is 6.42 Å². The fourth-order valence-corrected chi connectivity index (χ4v) is 2.12. The van der Waals surface area contributed by atoms with Gasteiger partial charge in [0.2, 0.25) is 0 Å². The topological polar surface area (TPSA) is 69.1 Å². The molecule has 96 valence electrons. The number of fused-ring (bicyclic) bond motifs is 1. The van der Waals surface area contributed by atoms with Gasteiger partial charge in [-0.05, 0) is 12.0 Å². The monoisotopic (exact) mass is 253 g/mol. The zero-order valence-electron chi connectivity index (χ0n) is 10.5. The van der Waals surface area contributed by atoms with E-state index in [2.05, 4.69) is 27.3 Å². The van der Waals surface area contributed by atoms with E-state index in [1.807, 2.05) is 28.8 Å². The number of hydrogen-bond donors (Lipinski definition) is 1. The van der Waals surface area contributed by atoms with Crippen molar-refractivity contribution in [3.63, 3.8) is 0 Å². The van der Waals surface area contributed by atoms with Gasteiger partial charge in [0.15, 0.2) is 5.65 Å². The highest BCUT2D eigenvalue weighted by Crippen LogP contribution is 2.15. The molecule has 3 rings (SSSR count). The number of nitrogens with zero attached hydrogens (tertiary/aromatic N) is 4. The normalized spacial score (nSPS) is 12.7. The van der Waals surface area contributed by atoms with Crippen molar-refractivity contribution in [1.82, 2.24) is 19.6 Å². The van der Waals surface area contributed by atoms with Gasteiger partial charge >= 0.3 is 0 Å². The van der Waals surface area contributed by atoms with Crippen LogP contribution in [0.3, 0.4) is 0 Å². The zero-order chi connectivity index (χ0) is 13.1. The van der Waals surface area contributed by atoms with Crippen LogP contribution in [0.4, 0.5) is 0 Å². The van der Waals surface area contributed by atoms with Crippen LogP contribution in [0.25, 0.3) is 5.65 Å². The van der Waals surface area contributed by atoms with Crippen molar-refractivity contribution < 1.29 is 0 Å². The van der Waals surface area contributed by atoms with Crippen LogP contribution in [0.5, 0.6) is 0 Å². The molecule has 0 aliphatic rings. The summed E-state index contributed by atoms with van der Waals surface area (Å²) in [5.74, 6) is 0.920. The second-order valence-corrected chi connectivity index (χ2v) is 4.48. The standard InChI is InChI=1S/C14H15N5/c15-12(11-4-2-1-3-5-11)6-7-13-17-18-14-10-16-8-9-19(13)14/h1-5,8-10,12H,6-7,15H2. The van der Waals surface area contributed by atoms with Crippen molar-refractivity contribution >= 4 is 5.65 Å². The molecule has 1 unspecified atom stereocenters. The molecule has 0 aliphatic heterocycles. The van der Waals surface area contributed by atoms with E-state index in [0.29, 0.717) is 0 Å². The molecule has 0 aliphatic carbocycles. The van der Waals surface area contributed by atoms with Crippen LogP contribution in [0.1, 0.15) is 23.9 Å². The average molecular weight is 253 g/mol. The first kappa shape index (κ1) is 11.8. The summed E-state index contributed by atoms with van der Waals surface area (Å²) in [5.41, 5.74) is 8.11. The summed E-state index contributed by atoms with van der Waals surface area (Å²) in [7, 11) is 0. The first-order chi connectivity index (χ1) is 9.34. The Kier molecular flexibility index (Phi) is 3.20. The maximum atomic E-state index is 6.19. The highest BCUT2D eigenvalue weighted by Gasteiger charge is 2.09. The van der Waals surface area contributed by atoms with Crippen molar-refractivity contribution in [3.05, 3.63) is 60.3 Å². The second kappa shape index (κ2) is 5.16. The first-order valence-electron chi connectivity index (χ1n) is 6.29. The van der Waals surface area contributed by atoms with Gasteiger partial charge in [-0.3, -0.25) is 9.38 Å². The molecule has 19 heavy (non-hydrogen) atoms. The predicted molar refractivity (Wildman–Crippen MR) is 72.5 cm³/mol. The summed E-state index contributed by atoms with van der Waals surface area (Å²) in [6.45, 7) is 0. The van der Waals surface area contributed by atoms with Gasteiger partial charge < -0.3 is 5.73 Å². The molecule has 0 radical (unpaired) electrons. The summed E-state index contributed by atoms with van der Waals surface area (Å²) < 4.78 is 1.95. The van der Waals surface area contributed by atoms with Gasteiger partial charge in [0.25, 0.3) is 0 Å². The molecule has 0 amide bonds. The average Bonchev–Trinajstić information content (AvgIpc) is 2.89. The third-order valence-corrected chi connectivity index (χ3v) is 3.19. The molecule has 0 saturated carbocycles. The van der Waals surface area contributed by atoms with Crippen molar-refractivity contribution in [3.8, 4) is 0 Å². The van der Waals surface area contributed by atoms with E-state index in [1.165, 1.54) is 0 Å². The number of nitrogens with two attached hydrogens (primary N) is 1. The lowest BCUT2D eigenvalue weighted by Gasteiger charge is -2.10. The molecule has 5 nitrogen and oxygen atoms in total. The molecule has 1 atom stereocenters. The van der Waals surface area contributed by atoms with Gasteiger partial charge in [0.05, 0.1) is 6.20 Å². The van der Waals surface area contributed by atoms with E-state index < -0.39 is 0 Å². The third kappa shape index (κ3) is 2.46. The minimum atomic E-state index is 0.0235. The highest BCUT2D eigenvalue weighted by molar-refractivity contribution is 5.33. The molecule has 2 aromatic heterocycles. The molecule has 3 aromatic rings. The fourth-order valence-electron chi connectivity index (χ4n) is 2.12. The van der Waals surface area contributed by atoms with E-state index >= 15 is 0 Å². The van der Waals surface area contributed by atoms with Gasteiger partial charge in [0, 0.05) is 24.9 Å². The van der Waals surface area contributed by atoms with Crippen LogP contribution < -0.4 is 5.73 Å². The third-order valence-electron chi connectivity index (χ3n) is 3.19. The number of rotatable bonds is 4. The molecule has 0 saturated heterocycles. The summed E-state index contributed by atoms with van der Waals surface area (Å²) >= 11 is 0. The first-order valence-corrected chi connectivity index (χ1v) is 6.29. The van der Waals surface area contributed by atoms with Gasteiger partial charge in [0.1, 0.15) is 5.82 Å². The molecular weight excluding hydrogens is 238 g/mol. The number of aromatic nitrogens is 4. The maximum absolute atomic E-state index is 6.19. The van der Waals surface area contributed by atoms with E-state index in [0.717, 1.165) is 29.9 Å². The van der Waals surface area contributed by atoms with Gasteiger partial charge in [-0.15, -0.1) is 10.2 Å². The Morgan fingerprint density at radius 1 is 1.16 bits per heavy atom. The van der Waals surface area contributed by atoms with Gasteiger partial charge in [-0.2, -0.15) is 0 Å². The van der Waals surface area contributed by atoms with E-state index in [4.69, 9.17) is 5.73 Å². The minimum Gasteiger partial charge on any atom is -0.324 e. The highest BCUT2D eigenvalue weighted by atomic mass is 15.2. The maximum Gasteiger partial charge on any atom is 0.179 e. The van der Waals surface area contributed by atoms with E-state index in [9.17, 15) is 0 Å². The predicted octanol–water partition coefficient (Wildman–Crippen LogP) is 1.76. The zero-order valence-corrected chi connectivity index (χ0v) is 10.5. The lowest BCUT2D eigenvalue weighted by Crippen LogP contribution is -2.12. The van der Waals surface area contributed by atoms with E-state index in [1.54, 1.807) is 12.4 Å². The van der Waals surface area contributed by atoms with Crippen molar-refractivity contribution in [2.75, 3.05) is 0 Å². The van der Waals surface area contributed by atoms with Crippen molar-refractivity contribution in [2.24, 2.45) is 5.73 Å². The second-order valence-electron chi connectivity index (χ2n) is 4.48. The molecule has 0 spiro atoms. The fraction of sp³-hybridized carbons (Fsp3) is 0.214. The lowest BCUT2D eigenvalue weighted by atomic mass is 10.0. The van der Waals surface area contributed by atoms with Crippen LogP contribution in [0, 0.1) is 0 Å². The van der Waals surface area contributed by atoms with E-state index in [-0.39, 0.29) is 6.04 Å². The summed E-state index contributed by atoms with van der Waals surface area (Å²) in [5, 5.41) is 8.26. The van der Waals surface area contributed by atoms with Gasteiger partial charge in [-0.1, -0.05) is 30.3 Å². The van der Waals surface area contributed by atoms with Crippen LogP contribution in [-0.4, -0.2) is 19.6 Å². The van der Waals surface area contributed by atoms with Crippen LogP contribution in [0.2, 0.25) is 0 Å². The molecule has 2 N–H and O–H groups in total. The Morgan fingerprint density at radius 3 is 2.84 bits per heavy atom. The van der Waals surface area contributed by atoms with Crippen LogP contribution >= 0.6 is 0 Å². The quantitative estimate of drug-likeness (QED) is 0.769. The Labute approximate surface area is 111 Å². The Hall–Kier alpha value is -2.27. The largest absolute Gasteiger partial charge is 0.324 e. The molecule has 0 fully saturated rings. The van der Waals surface area contributed by atoms with Crippen LogP contribution in [0.15, 0.2) is 48.9 Å². The molecule has 1 aromatic carbocycles. The van der Waals surface area contributed by atoms with Crippen molar-refractivity contribution in [1.29, 1.82) is 0 Å². The number of aryl methyl sites for hydroxylation is 1. The summed E-state index contributed by atoms with van der Waals surface area (Å²) in [4.78, 5) is 4.02. The Morgan fingerprint density at radius 2 is 2.00 bits per heavy atom. The van der Waals surface area contributed by atoms with Crippen molar-refractivity contribution in [2.45, 2.75) is 18.9 Å². The Balaban J connectivity index is 1.73. The molecular formula is C14H15N5. The molecule has 5 heteroatoms. The SMILES string of the molecule is NC(CCc1nnc2cnccn12)c1ccccc1. The minimum absolute atomic E-state index is 0.0235. The smallest absolute Gasteiger partial charge is 0.179 e. The van der Waals surface area contributed by atoms with Gasteiger partial charge in [-0.25, -0.2) is 0 Å². The lowest BCUT2D eigenvalue weighted by molar-refractivity contribution is 0.631. The summed E-state index contributed by atoms with van der Waals surface area (Å²) in [6, 6.07) is 10.1.